The van der Waals surface area contributed by atoms with Crippen LogP contribution >= 0.6 is 0 Å². The van der Waals surface area contributed by atoms with E-state index in [1.807, 2.05) is 13.1 Å². The van der Waals surface area contributed by atoms with Crippen LogP contribution < -0.4 is 5.32 Å². The zero-order chi connectivity index (χ0) is 19.7. The Kier molecular flexibility index (Phi) is 5.35. The molecular formula is C20H27N5O2S. The molecule has 2 aromatic rings. The molecule has 2 aliphatic rings. The highest BCUT2D eigenvalue weighted by Crippen LogP contribution is 2.31. The van der Waals surface area contributed by atoms with Crippen molar-refractivity contribution >= 4 is 15.8 Å². The lowest BCUT2D eigenvalue weighted by molar-refractivity contribution is 0.300. The topological polar surface area (TPSA) is 78.4 Å². The number of sulfonamides is 1. The summed E-state index contributed by atoms with van der Waals surface area (Å²) in [5.74, 6) is 1.65. The summed E-state index contributed by atoms with van der Waals surface area (Å²) in [5.41, 5.74) is 2.25. The largest absolute Gasteiger partial charge is 0.373 e. The van der Waals surface area contributed by atoms with Crippen molar-refractivity contribution in [1.82, 2.24) is 19.2 Å². The molecule has 1 aromatic heterocycles. The average Bonchev–Trinajstić information content (AvgIpc) is 2.73. The van der Waals surface area contributed by atoms with E-state index in [0.29, 0.717) is 18.0 Å². The second-order valence-corrected chi connectivity index (χ2v) is 9.55. The molecule has 2 aliphatic heterocycles. The second kappa shape index (κ2) is 7.77. The molecule has 0 radical (unpaired) electrons. The summed E-state index contributed by atoms with van der Waals surface area (Å²) in [7, 11) is 0.496. The number of nitrogens with zero attached hydrogens (tertiary/aromatic N) is 4. The fraction of sp³-hybridized carbons (Fsp3) is 0.500. The number of rotatable bonds is 4. The number of piperidine rings is 1. The Morgan fingerprint density at radius 2 is 1.93 bits per heavy atom. The Balaban J connectivity index is 1.62. The van der Waals surface area contributed by atoms with Gasteiger partial charge in [0, 0.05) is 51.1 Å². The van der Waals surface area contributed by atoms with Gasteiger partial charge in [-0.2, -0.15) is 4.31 Å². The third-order valence-electron chi connectivity index (χ3n) is 5.64. The molecule has 7 nitrogen and oxygen atoms in total. The van der Waals surface area contributed by atoms with Crippen LogP contribution in [0, 0.1) is 0 Å². The second-order valence-electron chi connectivity index (χ2n) is 7.61. The lowest BCUT2D eigenvalue weighted by atomic mass is 9.97. The highest BCUT2D eigenvalue weighted by Gasteiger charge is 2.33. The Labute approximate surface area is 166 Å². The van der Waals surface area contributed by atoms with E-state index in [1.54, 1.807) is 28.6 Å². The van der Waals surface area contributed by atoms with Gasteiger partial charge in [-0.3, -0.25) is 0 Å². The van der Waals surface area contributed by atoms with Crippen LogP contribution in [0.5, 0.6) is 0 Å². The average molecular weight is 402 g/mol. The van der Waals surface area contributed by atoms with Crippen LogP contribution in [-0.4, -0.2) is 61.3 Å². The van der Waals surface area contributed by atoms with E-state index in [0.717, 1.165) is 55.3 Å². The minimum atomic E-state index is -3.49. The van der Waals surface area contributed by atoms with E-state index < -0.39 is 10.0 Å². The molecule has 1 aromatic carbocycles. The maximum Gasteiger partial charge on any atom is 0.243 e. The zero-order valence-corrected chi connectivity index (χ0v) is 17.2. The van der Waals surface area contributed by atoms with Gasteiger partial charge in [0.1, 0.15) is 11.6 Å². The van der Waals surface area contributed by atoms with Crippen LogP contribution in [0.3, 0.4) is 0 Å². The molecular weight excluding hydrogens is 374 g/mol. The van der Waals surface area contributed by atoms with Crippen LogP contribution in [0.1, 0.15) is 35.8 Å². The summed E-state index contributed by atoms with van der Waals surface area (Å²) in [6, 6.07) is 8.66. The van der Waals surface area contributed by atoms with Crippen LogP contribution in [0.2, 0.25) is 0 Å². The maximum atomic E-state index is 13.0. The fourth-order valence-electron chi connectivity index (χ4n) is 4.07. The molecule has 1 fully saturated rings. The lowest BCUT2D eigenvalue weighted by Crippen LogP contribution is -2.39. The van der Waals surface area contributed by atoms with Gasteiger partial charge in [0.15, 0.2) is 0 Å². The number of aromatic nitrogens is 2. The third kappa shape index (κ3) is 3.64. The molecule has 1 atom stereocenters. The molecule has 0 amide bonds. The molecule has 1 saturated heterocycles. The van der Waals surface area contributed by atoms with Gasteiger partial charge in [-0.05, 0) is 32.0 Å². The summed E-state index contributed by atoms with van der Waals surface area (Å²) < 4.78 is 27.6. The predicted molar refractivity (Wildman–Crippen MR) is 109 cm³/mol. The highest BCUT2D eigenvalue weighted by molar-refractivity contribution is 7.89. The molecule has 0 spiro atoms. The van der Waals surface area contributed by atoms with E-state index in [-0.39, 0.29) is 5.92 Å². The monoisotopic (exact) mass is 401 g/mol. The summed E-state index contributed by atoms with van der Waals surface area (Å²) >= 11 is 0. The summed E-state index contributed by atoms with van der Waals surface area (Å²) in [6.07, 6.45) is 2.62. The summed E-state index contributed by atoms with van der Waals surface area (Å²) in [4.78, 5) is 12.3. The van der Waals surface area contributed by atoms with Crippen molar-refractivity contribution in [3.05, 3.63) is 47.4 Å². The Morgan fingerprint density at radius 3 is 2.68 bits per heavy atom. The molecule has 0 aliphatic carbocycles. The molecule has 1 N–H and O–H groups in total. The van der Waals surface area contributed by atoms with Gasteiger partial charge < -0.3 is 10.2 Å². The van der Waals surface area contributed by atoms with Gasteiger partial charge in [-0.15, -0.1) is 0 Å². The Morgan fingerprint density at radius 1 is 1.14 bits per heavy atom. The first-order chi connectivity index (χ1) is 13.5. The number of nitrogens with one attached hydrogen (secondary N) is 1. The van der Waals surface area contributed by atoms with Crippen LogP contribution in [0.25, 0.3) is 0 Å². The van der Waals surface area contributed by atoms with E-state index in [9.17, 15) is 8.42 Å². The number of anilines is 1. The van der Waals surface area contributed by atoms with Gasteiger partial charge in [0.25, 0.3) is 0 Å². The number of benzene rings is 1. The van der Waals surface area contributed by atoms with Crippen molar-refractivity contribution in [2.75, 3.05) is 39.0 Å². The number of hydrogen-bond donors (Lipinski definition) is 1. The maximum absolute atomic E-state index is 13.0. The minimum absolute atomic E-state index is 0.0179. The smallest absolute Gasteiger partial charge is 0.243 e. The molecule has 28 heavy (non-hydrogen) atoms. The molecule has 4 rings (SSSR count). The first-order valence-electron chi connectivity index (χ1n) is 9.80. The van der Waals surface area contributed by atoms with Gasteiger partial charge in [0.2, 0.25) is 10.0 Å². The van der Waals surface area contributed by atoms with Crippen molar-refractivity contribution in [3.8, 4) is 0 Å². The van der Waals surface area contributed by atoms with Crippen LogP contribution in [0.15, 0.2) is 35.2 Å². The fourth-order valence-corrected chi connectivity index (χ4v) is 5.62. The standard InChI is InChI=1S/C20H27N5O2S/c1-21-20-17-14-24(2)12-10-18(17)22-19(23-20)15-7-6-11-25(13-15)28(26,27)16-8-4-3-5-9-16/h3-5,8-9,15H,6-7,10-14H2,1-2H3,(H,21,22,23). The minimum Gasteiger partial charge on any atom is -0.373 e. The van der Waals surface area contributed by atoms with Gasteiger partial charge in [-0.25, -0.2) is 18.4 Å². The molecule has 0 saturated carbocycles. The van der Waals surface area contributed by atoms with Gasteiger partial charge in [-0.1, -0.05) is 18.2 Å². The first kappa shape index (κ1) is 19.3. The molecule has 150 valence electrons. The molecule has 3 heterocycles. The van der Waals surface area contributed by atoms with E-state index in [1.165, 1.54) is 0 Å². The number of hydrogen-bond acceptors (Lipinski definition) is 6. The quantitative estimate of drug-likeness (QED) is 0.845. The van der Waals surface area contributed by atoms with Crippen LogP contribution in [0.4, 0.5) is 5.82 Å². The van der Waals surface area contributed by atoms with E-state index in [4.69, 9.17) is 9.97 Å². The Hall–Kier alpha value is -2.03. The van der Waals surface area contributed by atoms with Gasteiger partial charge in [0.05, 0.1) is 10.6 Å². The SMILES string of the molecule is CNc1nc(C2CCCN(S(=O)(=O)c3ccccc3)C2)nc2c1CN(C)CC2. The van der Waals surface area contributed by atoms with Crippen molar-refractivity contribution < 1.29 is 8.42 Å². The summed E-state index contributed by atoms with van der Waals surface area (Å²) in [5, 5.41) is 3.21. The normalized spacial score (nSPS) is 21.3. The zero-order valence-electron chi connectivity index (χ0n) is 16.4. The van der Waals surface area contributed by atoms with Crippen molar-refractivity contribution in [1.29, 1.82) is 0 Å². The number of likely N-dealkylation sites (N-methyl/N-ethyl adjacent to an activating group) is 1. The third-order valence-corrected chi connectivity index (χ3v) is 7.51. The van der Waals surface area contributed by atoms with Gasteiger partial charge >= 0.3 is 0 Å². The molecule has 0 bridgehead atoms. The first-order valence-corrected chi connectivity index (χ1v) is 11.2. The molecule has 8 heteroatoms. The van der Waals surface area contributed by atoms with E-state index >= 15 is 0 Å². The highest BCUT2D eigenvalue weighted by atomic mass is 32.2. The summed E-state index contributed by atoms with van der Waals surface area (Å²) in [6.45, 7) is 2.79. The lowest BCUT2D eigenvalue weighted by Gasteiger charge is -2.32. The van der Waals surface area contributed by atoms with Crippen molar-refractivity contribution in [2.24, 2.45) is 0 Å². The van der Waals surface area contributed by atoms with Crippen molar-refractivity contribution in [3.63, 3.8) is 0 Å². The van der Waals surface area contributed by atoms with Crippen LogP contribution in [-0.2, 0) is 23.0 Å². The molecule has 1 unspecified atom stereocenters. The Bertz CT molecular complexity index is 931. The van der Waals surface area contributed by atoms with E-state index in [2.05, 4.69) is 17.3 Å². The predicted octanol–water partition coefficient (Wildman–Crippen LogP) is 2.07. The number of fused-ring (bicyclic) bond motifs is 1. The van der Waals surface area contributed by atoms with Crippen molar-refractivity contribution in [2.45, 2.75) is 36.6 Å².